The molecule has 1 aliphatic rings. The van der Waals surface area contributed by atoms with Gasteiger partial charge in [-0.3, -0.25) is 4.79 Å². The van der Waals surface area contributed by atoms with Gasteiger partial charge in [0.25, 0.3) is 5.91 Å². The first-order valence-electron chi connectivity index (χ1n) is 6.42. The molecule has 5 heteroatoms. The normalized spacial score (nSPS) is 19.1. The summed E-state index contributed by atoms with van der Waals surface area (Å²) in [7, 11) is 0. The fourth-order valence-corrected chi connectivity index (χ4v) is 1.70. The largest absolute Gasteiger partial charge is 0.485 e. The monoisotopic (exact) mass is 265 g/mol. The van der Waals surface area contributed by atoms with Crippen molar-refractivity contribution in [1.29, 1.82) is 0 Å². The van der Waals surface area contributed by atoms with Crippen molar-refractivity contribution >= 4 is 5.91 Å². The van der Waals surface area contributed by atoms with E-state index in [1.165, 1.54) is 0 Å². The number of rotatable bonds is 4. The fraction of sp³-hybridized carbons (Fsp3) is 0.500. The van der Waals surface area contributed by atoms with Crippen molar-refractivity contribution in [3.63, 3.8) is 0 Å². The Labute approximate surface area is 112 Å². The van der Waals surface area contributed by atoms with Crippen LogP contribution in [0.25, 0.3) is 0 Å². The summed E-state index contributed by atoms with van der Waals surface area (Å²) in [5.41, 5.74) is 0. The Bertz CT molecular complexity index is 447. The predicted molar refractivity (Wildman–Crippen MR) is 70.2 cm³/mol. The topological polar surface area (TPSA) is 67.8 Å². The Balaban J connectivity index is 1.89. The van der Waals surface area contributed by atoms with Crippen molar-refractivity contribution in [2.24, 2.45) is 5.92 Å². The highest BCUT2D eigenvalue weighted by Crippen LogP contribution is 2.30. The summed E-state index contributed by atoms with van der Waals surface area (Å²) >= 11 is 0. The van der Waals surface area contributed by atoms with Crippen LogP contribution in [0.1, 0.15) is 13.8 Å². The van der Waals surface area contributed by atoms with E-state index in [2.05, 4.69) is 5.32 Å². The first kappa shape index (κ1) is 13.7. The zero-order valence-electron chi connectivity index (χ0n) is 11.1. The van der Waals surface area contributed by atoms with E-state index in [0.29, 0.717) is 11.5 Å². The van der Waals surface area contributed by atoms with Gasteiger partial charge in [-0.1, -0.05) is 26.0 Å². The highest BCUT2D eigenvalue weighted by atomic mass is 16.6. The highest BCUT2D eigenvalue weighted by Gasteiger charge is 2.27. The molecule has 0 saturated carbocycles. The Morgan fingerprint density at radius 1 is 1.42 bits per heavy atom. The first-order valence-corrected chi connectivity index (χ1v) is 6.42. The number of hydrogen-bond donors (Lipinski definition) is 2. The number of carbonyl (C=O) groups is 1. The number of benzene rings is 1. The van der Waals surface area contributed by atoms with Gasteiger partial charge in [0.05, 0.1) is 6.10 Å². The Kier molecular flexibility index (Phi) is 4.27. The van der Waals surface area contributed by atoms with Crippen molar-refractivity contribution < 1.29 is 19.4 Å². The van der Waals surface area contributed by atoms with Gasteiger partial charge in [0.15, 0.2) is 11.5 Å². The summed E-state index contributed by atoms with van der Waals surface area (Å²) in [4.78, 5) is 11.9. The summed E-state index contributed by atoms with van der Waals surface area (Å²) in [5.74, 6) is 1.05. The molecule has 2 atom stereocenters. The van der Waals surface area contributed by atoms with E-state index >= 15 is 0 Å². The number of aliphatic hydroxyl groups is 1. The second-order valence-corrected chi connectivity index (χ2v) is 4.92. The molecule has 2 unspecified atom stereocenters. The zero-order chi connectivity index (χ0) is 13.8. The molecule has 0 radical (unpaired) electrons. The van der Waals surface area contributed by atoms with Crippen LogP contribution in [0.4, 0.5) is 0 Å². The van der Waals surface area contributed by atoms with Crippen LogP contribution in [0.3, 0.4) is 0 Å². The lowest BCUT2D eigenvalue weighted by molar-refractivity contribution is -0.130. The standard InChI is InChI=1S/C14H19NO4/c1-9(2)10(16)7-15-14(17)13-8-18-11-5-3-4-6-12(11)19-13/h3-6,9-10,13,16H,7-8H2,1-2H3,(H,15,17). The van der Waals surface area contributed by atoms with Crippen LogP contribution in [-0.2, 0) is 4.79 Å². The Morgan fingerprint density at radius 2 is 2.11 bits per heavy atom. The third-order valence-corrected chi connectivity index (χ3v) is 3.06. The second kappa shape index (κ2) is 5.93. The molecule has 0 bridgehead atoms. The molecule has 0 aliphatic carbocycles. The van der Waals surface area contributed by atoms with Gasteiger partial charge in [-0.05, 0) is 18.1 Å². The first-order chi connectivity index (χ1) is 9.08. The van der Waals surface area contributed by atoms with E-state index in [-0.39, 0.29) is 25.0 Å². The van der Waals surface area contributed by atoms with Crippen molar-refractivity contribution in [3.05, 3.63) is 24.3 Å². The average Bonchev–Trinajstić information content (AvgIpc) is 2.43. The SMILES string of the molecule is CC(C)C(O)CNC(=O)C1COc2ccccc2O1. The number of ether oxygens (including phenoxy) is 2. The van der Waals surface area contributed by atoms with Crippen LogP contribution >= 0.6 is 0 Å². The molecule has 1 aromatic rings. The van der Waals surface area contributed by atoms with E-state index in [4.69, 9.17) is 9.47 Å². The molecule has 104 valence electrons. The molecule has 0 fully saturated rings. The van der Waals surface area contributed by atoms with Gasteiger partial charge in [-0.15, -0.1) is 0 Å². The van der Waals surface area contributed by atoms with Crippen molar-refractivity contribution in [2.75, 3.05) is 13.2 Å². The van der Waals surface area contributed by atoms with Crippen LogP contribution in [0.5, 0.6) is 11.5 Å². The molecule has 0 saturated heterocycles. The quantitative estimate of drug-likeness (QED) is 0.851. The molecule has 5 nitrogen and oxygen atoms in total. The molecule has 2 rings (SSSR count). The van der Waals surface area contributed by atoms with Gasteiger partial charge in [-0.25, -0.2) is 0 Å². The molecular weight excluding hydrogens is 246 g/mol. The maximum absolute atomic E-state index is 11.9. The third kappa shape index (κ3) is 3.38. The number of nitrogens with one attached hydrogen (secondary N) is 1. The number of carbonyl (C=O) groups excluding carboxylic acids is 1. The number of hydrogen-bond acceptors (Lipinski definition) is 4. The van der Waals surface area contributed by atoms with Gasteiger partial charge < -0.3 is 19.9 Å². The number of fused-ring (bicyclic) bond motifs is 1. The number of para-hydroxylation sites is 2. The number of amides is 1. The highest BCUT2D eigenvalue weighted by molar-refractivity contribution is 5.81. The van der Waals surface area contributed by atoms with Gasteiger partial charge >= 0.3 is 0 Å². The Hall–Kier alpha value is -1.75. The lowest BCUT2D eigenvalue weighted by Crippen LogP contribution is -2.46. The van der Waals surface area contributed by atoms with Crippen molar-refractivity contribution in [1.82, 2.24) is 5.32 Å². The molecule has 1 heterocycles. The Morgan fingerprint density at radius 3 is 2.79 bits per heavy atom. The molecular formula is C14H19NO4. The maximum Gasteiger partial charge on any atom is 0.264 e. The molecule has 0 spiro atoms. The van der Waals surface area contributed by atoms with Crippen LogP contribution in [-0.4, -0.2) is 36.4 Å². The van der Waals surface area contributed by atoms with Gasteiger partial charge in [-0.2, -0.15) is 0 Å². The lowest BCUT2D eigenvalue weighted by Gasteiger charge is -2.26. The van der Waals surface area contributed by atoms with Crippen molar-refractivity contribution in [2.45, 2.75) is 26.1 Å². The zero-order valence-corrected chi connectivity index (χ0v) is 11.1. The smallest absolute Gasteiger partial charge is 0.264 e. The van der Waals surface area contributed by atoms with Gasteiger partial charge in [0.1, 0.15) is 6.61 Å². The van der Waals surface area contributed by atoms with Gasteiger partial charge in [0.2, 0.25) is 6.10 Å². The minimum atomic E-state index is -0.672. The van der Waals surface area contributed by atoms with Gasteiger partial charge in [0, 0.05) is 6.54 Å². The summed E-state index contributed by atoms with van der Waals surface area (Å²) in [5, 5.41) is 12.3. The second-order valence-electron chi connectivity index (χ2n) is 4.92. The van der Waals surface area contributed by atoms with Crippen LogP contribution in [0.15, 0.2) is 24.3 Å². The summed E-state index contributed by atoms with van der Waals surface area (Å²) < 4.78 is 11.0. The minimum Gasteiger partial charge on any atom is -0.485 e. The van der Waals surface area contributed by atoms with E-state index in [0.717, 1.165) is 0 Å². The van der Waals surface area contributed by atoms with E-state index < -0.39 is 12.2 Å². The van der Waals surface area contributed by atoms with Crippen LogP contribution in [0.2, 0.25) is 0 Å². The molecule has 1 amide bonds. The number of aliphatic hydroxyl groups excluding tert-OH is 1. The lowest BCUT2D eigenvalue weighted by atomic mass is 10.1. The van der Waals surface area contributed by atoms with E-state index in [9.17, 15) is 9.90 Å². The van der Waals surface area contributed by atoms with Crippen molar-refractivity contribution in [3.8, 4) is 11.5 Å². The van der Waals surface area contributed by atoms with Crippen LogP contribution < -0.4 is 14.8 Å². The summed E-state index contributed by atoms with van der Waals surface area (Å²) in [6, 6.07) is 7.23. The molecule has 19 heavy (non-hydrogen) atoms. The predicted octanol–water partition coefficient (Wildman–Crippen LogP) is 0.959. The summed E-state index contributed by atoms with van der Waals surface area (Å²) in [6.07, 6.45) is -1.23. The molecule has 1 aromatic carbocycles. The maximum atomic E-state index is 11.9. The van der Waals surface area contributed by atoms with E-state index in [1.54, 1.807) is 12.1 Å². The molecule has 2 N–H and O–H groups in total. The van der Waals surface area contributed by atoms with E-state index in [1.807, 2.05) is 26.0 Å². The average molecular weight is 265 g/mol. The molecule has 0 aromatic heterocycles. The third-order valence-electron chi connectivity index (χ3n) is 3.06. The molecule has 1 aliphatic heterocycles. The fourth-order valence-electron chi connectivity index (χ4n) is 1.70. The van der Waals surface area contributed by atoms with Crippen LogP contribution in [0, 0.1) is 5.92 Å². The minimum absolute atomic E-state index is 0.101. The summed E-state index contributed by atoms with van der Waals surface area (Å²) in [6.45, 7) is 4.19.